The fourth-order valence-electron chi connectivity index (χ4n) is 1.09. The van der Waals surface area contributed by atoms with Crippen LogP contribution < -0.4 is 5.73 Å². The van der Waals surface area contributed by atoms with Crippen molar-refractivity contribution in [1.82, 2.24) is 4.90 Å². The zero-order valence-corrected chi connectivity index (χ0v) is 8.75. The Balaban J connectivity index is 3.57. The van der Waals surface area contributed by atoms with Gasteiger partial charge < -0.3 is 15.4 Å². The summed E-state index contributed by atoms with van der Waals surface area (Å²) in [6.45, 7) is 3.14. The van der Waals surface area contributed by atoms with E-state index in [-0.39, 0.29) is 11.9 Å². The van der Waals surface area contributed by atoms with Gasteiger partial charge in [-0.15, -0.1) is 0 Å². The Morgan fingerprint density at radius 2 is 2.23 bits per heavy atom. The first-order valence-corrected chi connectivity index (χ1v) is 4.56. The lowest BCUT2D eigenvalue weighted by Gasteiger charge is -2.19. The second-order valence-corrected chi connectivity index (χ2v) is 3.35. The number of nitrogens with two attached hydrogens (primary N) is 1. The van der Waals surface area contributed by atoms with Gasteiger partial charge in [-0.05, 0) is 13.3 Å². The molecule has 0 saturated carbocycles. The molecule has 0 bridgehead atoms. The van der Waals surface area contributed by atoms with Crippen LogP contribution in [0.15, 0.2) is 0 Å². The van der Waals surface area contributed by atoms with E-state index in [0.717, 1.165) is 6.42 Å². The maximum Gasteiger partial charge on any atom is 0.222 e. The molecule has 0 aliphatic rings. The van der Waals surface area contributed by atoms with Crippen molar-refractivity contribution in [3.8, 4) is 0 Å². The van der Waals surface area contributed by atoms with Gasteiger partial charge in [0.2, 0.25) is 5.91 Å². The Bertz CT molecular complexity index is 149. The normalized spacial score (nSPS) is 12.6. The molecule has 0 rings (SSSR count). The van der Waals surface area contributed by atoms with Crippen LogP contribution in [0.2, 0.25) is 0 Å². The van der Waals surface area contributed by atoms with Crippen LogP contribution in [0.25, 0.3) is 0 Å². The van der Waals surface area contributed by atoms with E-state index in [9.17, 15) is 4.79 Å². The van der Waals surface area contributed by atoms with Crippen LogP contribution in [0, 0.1) is 0 Å². The highest BCUT2D eigenvalue weighted by molar-refractivity contribution is 5.75. The molecule has 78 valence electrons. The predicted octanol–water partition coefficient (Wildman–Crippen LogP) is 0.219. The van der Waals surface area contributed by atoms with Crippen molar-refractivity contribution in [2.75, 3.05) is 27.3 Å². The van der Waals surface area contributed by atoms with Crippen LogP contribution in [0.1, 0.15) is 19.8 Å². The molecule has 0 aromatic carbocycles. The monoisotopic (exact) mass is 188 g/mol. The molecule has 0 saturated heterocycles. The highest BCUT2D eigenvalue weighted by Gasteiger charge is 2.09. The molecule has 0 fully saturated rings. The first-order valence-electron chi connectivity index (χ1n) is 4.56. The van der Waals surface area contributed by atoms with Crippen molar-refractivity contribution in [2.45, 2.75) is 25.8 Å². The Morgan fingerprint density at radius 3 is 2.69 bits per heavy atom. The minimum absolute atomic E-state index is 0.0383. The number of nitrogens with zero attached hydrogens (tertiary/aromatic N) is 1. The molecule has 0 heterocycles. The molecule has 0 spiro atoms. The van der Waals surface area contributed by atoms with Gasteiger partial charge in [0.05, 0.1) is 0 Å². The van der Waals surface area contributed by atoms with Crippen molar-refractivity contribution in [1.29, 1.82) is 0 Å². The Labute approximate surface area is 80.0 Å². The quantitative estimate of drug-likeness (QED) is 0.607. The highest BCUT2D eigenvalue weighted by atomic mass is 16.5. The first kappa shape index (κ1) is 12.4. The molecule has 0 aliphatic carbocycles. The third kappa shape index (κ3) is 6.54. The summed E-state index contributed by atoms with van der Waals surface area (Å²) in [7, 11) is 3.41. The van der Waals surface area contributed by atoms with Gasteiger partial charge in [0.1, 0.15) is 0 Å². The zero-order valence-electron chi connectivity index (χ0n) is 8.75. The third-order valence-corrected chi connectivity index (χ3v) is 1.73. The largest absolute Gasteiger partial charge is 0.385 e. The van der Waals surface area contributed by atoms with Gasteiger partial charge in [0.15, 0.2) is 0 Å². The van der Waals surface area contributed by atoms with Gasteiger partial charge in [-0.3, -0.25) is 4.79 Å². The Kier molecular flexibility index (Phi) is 6.54. The van der Waals surface area contributed by atoms with E-state index in [2.05, 4.69) is 0 Å². The van der Waals surface area contributed by atoms with Crippen molar-refractivity contribution >= 4 is 5.91 Å². The van der Waals surface area contributed by atoms with Gasteiger partial charge >= 0.3 is 0 Å². The van der Waals surface area contributed by atoms with Crippen LogP contribution in [-0.4, -0.2) is 44.2 Å². The number of likely N-dealkylation sites (N-methyl/N-ethyl adjacent to an activating group) is 1. The number of methoxy groups -OCH3 is 1. The van der Waals surface area contributed by atoms with E-state index in [4.69, 9.17) is 10.5 Å². The van der Waals surface area contributed by atoms with Gasteiger partial charge in [-0.1, -0.05) is 0 Å². The summed E-state index contributed by atoms with van der Waals surface area (Å²) in [6, 6.07) is 0.0383. The molecular weight excluding hydrogens is 168 g/mol. The standard InChI is InChI=1S/C9H20N2O2/c1-8(10)7-11(2)9(12)5-4-6-13-3/h8H,4-7,10H2,1-3H3. The predicted molar refractivity (Wildman–Crippen MR) is 52.4 cm³/mol. The maximum atomic E-state index is 11.4. The lowest BCUT2D eigenvalue weighted by Crippen LogP contribution is -2.36. The first-order chi connectivity index (χ1) is 6.07. The number of rotatable bonds is 6. The van der Waals surface area contributed by atoms with Crippen molar-refractivity contribution in [2.24, 2.45) is 5.73 Å². The molecule has 13 heavy (non-hydrogen) atoms. The van der Waals surface area contributed by atoms with E-state index >= 15 is 0 Å². The van der Waals surface area contributed by atoms with Crippen LogP contribution in [0.4, 0.5) is 0 Å². The molecule has 1 unspecified atom stereocenters. The summed E-state index contributed by atoms with van der Waals surface area (Å²) in [5, 5.41) is 0. The van der Waals surface area contributed by atoms with Crippen LogP contribution in [0.5, 0.6) is 0 Å². The van der Waals surface area contributed by atoms with E-state index in [0.29, 0.717) is 19.6 Å². The number of amides is 1. The second kappa shape index (κ2) is 6.86. The summed E-state index contributed by atoms with van der Waals surface area (Å²) in [6.07, 6.45) is 1.32. The fourth-order valence-corrected chi connectivity index (χ4v) is 1.09. The van der Waals surface area contributed by atoms with Crippen molar-refractivity contribution in [3.05, 3.63) is 0 Å². The van der Waals surface area contributed by atoms with Gasteiger partial charge in [-0.25, -0.2) is 0 Å². The fraction of sp³-hybridized carbons (Fsp3) is 0.889. The summed E-state index contributed by atoms with van der Waals surface area (Å²) in [4.78, 5) is 13.0. The van der Waals surface area contributed by atoms with E-state index in [1.807, 2.05) is 6.92 Å². The molecule has 4 nitrogen and oxygen atoms in total. The van der Waals surface area contributed by atoms with Crippen molar-refractivity contribution in [3.63, 3.8) is 0 Å². The molecule has 0 aromatic rings. The molecule has 0 radical (unpaired) electrons. The van der Waals surface area contributed by atoms with Crippen LogP contribution in [-0.2, 0) is 9.53 Å². The summed E-state index contributed by atoms with van der Waals surface area (Å²) >= 11 is 0. The van der Waals surface area contributed by atoms with Crippen LogP contribution >= 0.6 is 0 Å². The third-order valence-electron chi connectivity index (χ3n) is 1.73. The molecule has 0 aromatic heterocycles. The lowest BCUT2D eigenvalue weighted by atomic mass is 10.2. The van der Waals surface area contributed by atoms with E-state index < -0.39 is 0 Å². The summed E-state index contributed by atoms with van der Waals surface area (Å²) < 4.78 is 4.86. The Hall–Kier alpha value is -0.610. The minimum Gasteiger partial charge on any atom is -0.385 e. The maximum absolute atomic E-state index is 11.4. The number of ether oxygens (including phenoxy) is 1. The lowest BCUT2D eigenvalue weighted by molar-refractivity contribution is -0.130. The van der Waals surface area contributed by atoms with Crippen molar-refractivity contribution < 1.29 is 9.53 Å². The molecule has 0 aliphatic heterocycles. The van der Waals surface area contributed by atoms with Crippen LogP contribution in [0.3, 0.4) is 0 Å². The minimum atomic E-state index is 0.0383. The molecule has 2 N–H and O–H groups in total. The number of hydrogen-bond donors (Lipinski definition) is 1. The van der Waals surface area contributed by atoms with E-state index in [1.54, 1.807) is 19.1 Å². The molecule has 1 atom stereocenters. The molecule has 1 amide bonds. The Morgan fingerprint density at radius 1 is 1.62 bits per heavy atom. The van der Waals surface area contributed by atoms with E-state index in [1.165, 1.54) is 0 Å². The van der Waals surface area contributed by atoms with Gasteiger partial charge in [0.25, 0.3) is 0 Å². The SMILES string of the molecule is COCCCC(=O)N(C)CC(C)N. The highest BCUT2D eigenvalue weighted by Crippen LogP contribution is 1.96. The molecular formula is C9H20N2O2. The number of carbonyl (C=O) groups excluding carboxylic acids is 1. The summed E-state index contributed by atoms with van der Waals surface area (Å²) in [5.41, 5.74) is 5.57. The summed E-state index contributed by atoms with van der Waals surface area (Å²) in [5.74, 6) is 0.134. The average Bonchev–Trinajstić information content (AvgIpc) is 2.03. The van der Waals surface area contributed by atoms with Gasteiger partial charge in [-0.2, -0.15) is 0 Å². The zero-order chi connectivity index (χ0) is 10.3. The molecule has 4 heteroatoms. The average molecular weight is 188 g/mol. The van der Waals surface area contributed by atoms with Gasteiger partial charge in [0, 0.05) is 39.8 Å². The second-order valence-electron chi connectivity index (χ2n) is 3.35. The number of carbonyl (C=O) groups is 1. The topological polar surface area (TPSA) is 55.6 Å². The smallest absolute Gasteiger partial charge is 0.222 e. The number of hydrogen-bond acceptors (Lipinski definition) is 3.